The molecule has 3 nitrogen and oxygen atoms in total. The van der Waals surface area contributed by atoms with Crippen molar-refractivity contribution in [1.29, 1.82) is 0 Å². The number of carbonyl (C=O) groups is 1. The normalized spacial score (nSPS) is 14.9. The topological polar surface area (TPSA) is 35.5 Å². The highest BCUT2D eigenvalue weighted by molar-refractivity contribution is 5.62. The number of allylic oxidation sites excluding steroid dienone is 2. The fourth-order valence-electron chi connectivity index (χ4n) is 0.890. The molecule has 0 aromatic rings. The first-order valence-electron chi connectivity index (χ1n) is 4.48. The van der Waals surface area contributed by atoms with E-state index in [9.17, 15) is 4.79 Å². The number of hydrogen-bond acceptors (Lipinski definition) is 3. The van der Waals surface area contributed by atoms with Gasteiger partial charge in [0.1, 0.15) is 11.4 Å². The molecule has 0 N–H and O–H groups in total. The van der Waals surface area contributed by atoms with Gasteiger partial charge in [0, 0.05) is 6.42 Å². The van der Waals surface area contributed by atoms with Gasteiger partial charge in [0.2, 0.25) is 0 Å². The fraction of sp³-hybridized carbons (Fsp3) is 0.455. The van der Waals surface area contributed by atoms with Crippen LogP contribution in [0.25, 0.3) is 0 Å². The third-order valence-corrected chi connectivity index (χ3v) is 1.39. The maximum atomic E-state index is 11.2. The summed E-state index contributed by atoms with van der Waals surface area (Å²) in [7, 11) is 0. The van der Waals surface area contributed by atoms with E-state index in [0.29, 0.717) is 12.2 Å². The Bertz CT molecular complexity index is 312. The van der Waals surface area contributed by atoms with E-state index in [2.05, 4.69) is 5.73 Å². The van der Waals surface area contributed by atoms with Crippen LogP contribution < -0.4 is 0 Å². The molecule has 0 amide bonds. The highest BCUT2D eigenvalue weighted by Gasteiger charge is 2.18. The molecule has 3 heteroatoms. The zero-order chi connectivity index (χ0) is 10.6. The van der Waals surface area contributed by atoms with Crippen LogP contribution >= 0.6 is 0 Å². The average Bonchev–Trinajstić information content (AvgIpc) is 2.02. The van der Waals surface area contributed by atoms with Crippen LogP contribution in [0.4, 0.5) is 4.79 Å². The van der Waals surface area contributed by atoms with E-state index in [0.717, 1.165) is 0 Å². The first kappa shape index (κ1) is 10.6. The molecule has 76 valence electrons. The summed E-state index contributed by atoms with van der Waals surface area (Å²) in [6.45, 7) is 5.38. The van der Waals surface area contributed by atoms with E-state index in [1.807, 2.05) is 0 Å². The molecule has 1 aliphatic rings. The summed E-state index contributed by atoms with van der Waals surface area (Å²) < 4.78 is 9.96. The van der Waals surface area contributed by atoms with E-state index >= 15 is 0 Å². The SMILES string of the molecule is CC(C)(C)OC(=O)OC1=CC=C=CC1. The van der Waals surface area contributed by atoms with Crippen LogP contribution in [-0.4, -0.2) is 11.8 Å². The van der Waals surface area contributed by atoms with Crippen molar-refractivity contribution in [3.05, 3.63) is 29.7 Å². The maximum absolute atomic E-state index is 11.2. The molecule has 0 radical (unpaired) electrons. The van der Waals surface area contributed by atoms with E-state index in [1.54, 1.807) is 39.0 Å². The van der Waals surface area contributed by atoms with Crippen LogP contribution in [0.2, 0.25) is 0 Å². The van der Waals surface area contributed by atoms with Gasteiger partial charge in [-0.05, 0) is 39.0 Å². The van der Waals surface area contributed by atoms with Gasteiger partial charge in [-0.15, -0.1) is 5.73 Å². The van der Waals surface area contributed by atoms with Gasteiger partial charge in [-0.3, -0.25) is 0 Å². The molecule has 0 spiro atoms. The Morgan fingerprint density at radius 1 is 1.50 bits per heavy atom. The quantitative estimate of drug-likeness (QED) is 0.475. The Morgan fingerprint density at radius 2 is 2.21 bits per heavy atom. The molecule has 0 bridgehead atoms. The molecule has 0 saturated carbocycles. The second-order valence-electron chi connectivity index (χ2n) is 3.94. The predicted molar refractivity (Wildman–Crippen MR) is 52.7 cm³/mol. The third-order valence-electron chi connectivity index (χ3n) is 1.39. The number of carbonyl (C=O) groups excluding carboxylic acids is 1. The Hall–Kier alpha value is -1.47. The molecule has 0 aromatic carbocycles. The first-order valence-corrected chi connectivity index (χ1v) is 4.48. The van der Waals surface area contributed by atoms with E-state index < -0.39 is 11.8 Å². The number of hydrogen-bond donors (Lipinski definition) is 0. The Labute approximate surface area is 83.7 Å². The summed E-state index contributed by atoms with van der Waals surface area (Å²) in [6, 6.07) is 0. The average molecular weight is 194 g/mol. The van der Waals surface area contributed by atoms with Crippen molar-refractivity contribution in [2.75, 3.05) is 0 Å². The fourth-order valence-corrected chi connectivity index (χ4v) is 0.890. The summed E-state index contributed by atoms with van der Waals surface area (Å²) in [5, 5.41) is 0. The highest BCUT2D eigenvalue weighted by Crippen LogP contribution is 2.13. The van der Waals surface area contributed by atoms with Crippen LogP contribution in [0, 0.1) is 0 Å². The number of ether oxygens (including phenoxy) is 2. The standard InChI is InChI=1S/C11H14O3/c1-11(2,3)14-10(12)13-9-7-5-4-6-8-9/h5-7H,8H2,1-3H3. The maximum Gasteiger partial charge on any atom is 0.514 e. The third kappa shape index (κ3) is 3.97. The minimum atomic E-state index is -0.660. The van der Waals surface area contributed by atoms with Crippen molar-refractivity contribution in [2.45, 2.75) is 32.8 Å². The first-order chi connectivity index (χ1) is 6.47. The summed E-state index contributed by atoms with van der Waals surface area (Å²) in [4.78, 5) is 11.2. The lowest BCUT2D eigenvalue weighted by Crippen LogP contribution is -2.24. The predicted octanol–water partition coefficient (Wildman–Crippen LogP) is 2.94. The van der Waals surface area contributed by atoms with Crippen LogP contribution in [0.3, 0.4) is 0 Å². The summed E-state index contributed by atoms with van der Waals surface area (Å²) in [5.41, 5.74) is 2.36. The highest BCUT2D eigenvalue weighted by atomic mass is 16.7. The molecule has 0 saturated heterocycles. The van der Waals surface area contributed by atoms with Gasteiger partial charge in [0.15, 0.2) is 0 Å². The van der Waals surface area contributed by atoms with Crippen LogP contribution in [0.5, 0.6) is 0 Å². The zero-order valence-corrected chi connectivity index (χ0v) is 8.66. The van der Waals surface area contributed by atoms with Gasteiger partial charge >= 0.3 is 6.16 Å². The van der Waals surface area contributed by atoms with Gasteiger partial charge in [-0.1, -0.05) is 0 Å². The molecule has 0 unspecified atom stereocenters. The van der Waals surface area contributed by atoms with Gasteiger partial charge < -0.3 is 9.47 Å². The van der Waals surface area contributed by atoms with Crippen LogP contribution in [0.15, 0.2) is 29.7 Å². The van der Waals surface area contributed by atoms with E-state index in [-0.39, 0.29) is 0 Å². The monoisotopic (exact) mass is 194 g/mol. The van der Waals surface area contributed by atoms with Crippen molar-refractivity contribution in [3.63, 3.8) is 0 Å². The lowest BCUT2D eigenvalue weighted by atomic mass is 10.2. The minimum Gasteiger partial charge on any atom is -0.428 e. The van der Waals surface area contributed by atoms with Crippen molar-refractivity contribution >= 4 is 6.16 Å². The molecular weight excluding hydrogens is 180 g/mol. The second kappa shape index (κ2) is 4.16. The lowest BCUT2D eigenvalue weighted by Gasteiger charge is -2.19. The molecule has 14 heavy (non-hydrogen) atoms. The van der Waals surface area contributed by atoms with Gasteiger partial charge in [-0.25, -0.2) is 4.79 Å². The Morgan fingerprint density at radius 3 is 2.71 bits per heavy atom. The Balaban J connectivity index is 2.42. The largest absolute Gasteiger partial charge is 0.514 e. The summed E-state index contributed by atoms with van der Waals surface area (Å²) in [6.07, 6.45) is 5.11. The van der Waals surface area contributed by atoms with E-state index in [4.69, 9.17) is 9.47 Å². The Kier molecular flexibility index (Phi) is 3.15. The van der Waals surface area contributed by atoms with Gasteiger partial charge in [0.25, 0.3) is 0 Å². The molecule has 0 heterocycles. The lowest BCUT2D eigenvalue weighted by molar-refractivity contribution is 0.00585. The van der Waals surface area contributed by atoms with Gasteiger partial charge in [0.05, 0.1) is 0 Å². The second-order valence-corrected chi connectivity index (χ2v) is 3.94. The molecule has 0 aliphatic heterocycles. The van der Waals surface area contributed by atoms with Crippen molar-refractivity contribution in [1.82, 2.24) is 0 Å². The number of rotatable bonds is 1. The van der Waals surface area contributed by atoms with Gasteiger partial charge in [-0.2, -0.15) is 0 Å². The summed E-state index contributed by atoms with van der Waals surface area (Å²) >= 11 is 0. The summed E-state index contributed by atoms with van der Waals surface area (Å²) in [5.74, 6) is 0.581. The molecular formula is C11H14O3. The smallest absolute Gasteiger partial charge is 0.428 e. The molecule has 0 aromatic heterocycles. The molecule has 0 fully saturated rings. The van der Waals surface area contributed by atoms with Crippen molar-refractivity contribution in [3.8, 4) is 0 Å². The zero-order valence-electron chi connectivity index (χ0n) is 8.66. The molecule has 1 rings (SSSR count). The van der Waals surface area contributed by atoms with Crippen LogP contribution in [-0.2, 0) is 9.47 Å². The van der Waals surface area contributed by atoms with Crippen LogP contribution in [0.1, 0.15) is 27.2 Å². The van der Waals surface area contributed by atoms with Crippen molar-refractivity contribution in [2.24, 2.45) is 0 Å². The molecule has 1 aliphatic carbocycles. The van der Waals surface area contributed by atoms with Crippen molar-refractivity contribution < 1.29 is 14.3 Å². The van der Waals surface area contributed by atoms with E-state index in [1.165, 1.54) is 0 Å². The minimum absolute atomic E-state index is 0.516. The molecule has 0 atom stereocenters.